The number of hydrogen-bond acceptors (Lipinski definition) is 5. The number of carbonyl (C=O) groups is 2. The van der Waals surface area contributed by atoms with Crippen LogP contribution in [0.3, 0.4) is 0 Å². The summed E-state index contributed by atoms with van der Waals surface area (Å²) in [7, 11) is 0. The van der Waals surface area contributed by atoms with Crippen molar-refractivity contribution in [2.75, 3.05) is 6.61 Å². The molecule has 0 heterocycles. The summed E-state index contributed by atoms with van der Waals surface area (Å²) in [6.07, 6.45) is 1.40. The molecule has 3 aromatic carbocycles. The lowest BCUT2D eigenvalue weighted by Gasteiger charge is -2.09. The monoisotopic (exact) mass is 436 g/mol. The van der Waals surface area contributed by atoms with Crippen molar-refractivity contribution in [1.29, 1.82) is 0 Å². The fourth-order valence-electron chi connectivity index (χ4n) is 2.64. The van der Waals surface area contributed by atoms with Gasteiger partial charge in [0.05, 0.1) is 11.8 Å². The summed E-state index contributed by atoms with van der Waals surface area (Å²) in [6.45, 7) is 3.69. The highest BCUT2D eigenvalue weighted by atomic mass is 35.5. The Kier molecular flexibility index (Phi) is 7.40. The van der Waals surface area contributed by atoms with Gasteiger partial charge in [-0.05, 0) is 67.4 Å². The minimum Gasteiger partial charge on any atom is -0.483 e. The molecule has 1 N–H and O–H groups in total. The molecular formula is C24H21ClN2O4. The molecule has 0 atom stereocenters. The molecule has 0 saturated carbocycles. The van der Waals surface area contributed by atoms with Crippen molar-refractivity contribution in [1.82, 2.24) is 5.43 Å². The van der Waals surface area contributed by atoms with Gasteiger partial charge in [0.1, 0.15) is 11.5 Å². The van der Waals surface area contributed by atoms with Gasteiger partial charge in [0.2, 0.25) is 0 Å². The highest BCUT2D eigenvalue weighted by Gasteiger charge is 2.11. The van der Waals surface area contributed by atoms with Gasteiger partial charge in [0, 0.05) is 10.6 Å². The molecule has 6 nitrogen and oxygen atoms in total. The molecule has 0 fully saturated rings. The summed E-state index contributed by atoms with van der Waals surface area (Å²) < 4.78 is 11.0. The Hall–Kier alpha value is -3.64. The molecule has 0 radical (unpaired) electrons. The van der Waals surface area contributed by atoms with Crippen molar-refractivity contribution in [3.05, 3.63) is 94.0 Å². The van der Waals surface area contributed by atoms with Crippen LogP contribution in [-0.2, 0) is 4.79 Å². The van der Waals surface area contributed by atoms with Crippen LogP contribution in [0.4, 0.5) is 0 Å². The second-order valence-electron chi connectivity index (χ2n) is 6.79. The minimum absolute atomic E-state index is 0.172. The highest BCUT2D eigenvalue weighted by molar-refractivity contribution is 6.30. The van der Waals surface area contributed by atoms with E-state index < -0.39 is 11.9 Å². The first-order valence-electron chi connectivity index (χ1n) is 9.51. The van der Waals surface area contributed by atoms with Crippen molar-refractivity contribution in [3.63, 3.8) is 0 Å². The Morgan fingerprint density at radius 1 is 1.00 bits per heavy atom. The van der Waals surface area contributed by atoms with Crippen LogP contribution in [0, 0.1) is 13.8 Å². The second kappa shape index (κ2) is 10.4. The summed E-state index contributed by atoms with van der Waals surface area (Å²) >= 11 is 5.84. The molecule has 3 rings (SSSR count). The number of nitrogens with zero attached hydrogens (tertiary/aromatic N) is 1. The SMILES string of the molecule is Cc1ccc(C)c(OCC(=O)N/N=C\c2ccccc2OC(=O)c2ccc(Cl)cc2)c1. The molecule has 3 aromatic rings. The van der Waals surface area contributed by atoms with Gasteiger partial charge in [0.15, 0.2) is 6.61 Å². The number of carbonyl (C=O) groups excluding carboxylic acids is 2. The number of ether oxygens (including phenoxy) is 2. The first kappa shape index (κ1) is 22.1. The van der Waals surface area contributed by atoms with Crippen LogP contribution in [0.1, 0.15) is 27.0 Å². The van der Waals surface area contributed by atoms with Crippen molar-refractivity contribution < 1.29 is 19.1 Å². The van der Waals surface area contributed by atoms with Crippen LogP contribution >= 0.6 is 11.6 Å². The summed E-state index contributed by atoms with van der Waals surface area (Å²) in [5.74, 6) is 0.0296. The van der Waals surface area contributed by atoms with Gasteiger partial charge < -0.3 is 9.47 Å². The molecule has 0 aliphatic rings. The van der Waals surface area contributed by atoms with E-state index in [4.69, 9.17) is 21.1 Å². The van der Waals surface area contributed by atoms with Gasteiger partial charge in [-0.25, -0.2) is 10.2 Å². The number of amides is 1. The largest absolute Gasteiger partial charge is 0.483 e. The highest BCUT2D eigenvalue weighted by Crippen LogP contribution is 2.20. The predicted molar refractivity (Wildman–Crippen MR) is 120 cm³/mol. The average Bonchev–Trinajstić information content (AvgIpc) is 2.76. The van der Waals surface area contributed by atoms with Gasteiger partial charge >= 0.3 is 5.97 Å². The standard InChI is InChI=1S/C24H21ClN2O4/c1-16-7-8-17(2)22(13-16)30-15-23(28)27-26-14-19-5-3-4-6-21(19)31-24(29)18-9-11-20(25)12-10-18/h3-14H,15H2,1-2H3,(H,27,28)/b26-14-. The van der Waals surface area contributed by atoms with E-state index in [0.717, 1.165) is 11.1 Å². The number of nitrogens with one attached hydrogen (secondary N) is 1. The van der Waals surface area contributed by atoms with Gasteiger partial charge in [-0.1, -0.05) is 35.9 Å². The zero-order chi connectivity index (χ0) is 22.2. The third-order valence-electron chi connectivity index (χ3n) is 4.30. The molecule has 7 heteroatoms. The van der Waals surface area contributed by atoms with Gasteiger partial charge in [0.25, 0.3) is 5.91 Å². The van der Waals surface area contributed by atoms with E-state index in [2.05, 4.69) is 10.5 Å². The molecule has 0 aromatic heterocycles. The zero-order valence-corrected chi connectivity index (χ0v) is 17.8. The fourth-order valence-corrected chi connectivity index (χ4v) is 2.76. The molecule has 158 valence electrons. The Labute approximate surface area is 185 Å². The number of esters is 1. The van der Waals surface area contributed by atoms with Crippen LogP contribution in [-0.4, -0.2) is 24.7 Å². The summed E-state index contributed by atoms with van der Waals surface area (Å²) in [5, 5.41) is 4.46. The van der Waals surface area contributed by atoms with Gasteiger partial charge in [-0.3, -0.25) is 4.79 Å². The summed E-state index contributed by atoms with van der Waals surface area (Å²) in [6, 6.07) is 19.0. The number of para-hydroxylation sites is 1. The minimum atomic E-state index is -0.525. The average molecular weight is 437 g/mol. The summed E-state index contributed by atoms with van der Waals surface area (Å²) in [4.78, 5) is 24.4. The molecule has 31 heavy (non-hydrogen) atoms. The van der Waals surface area contributed by atoms with Crippen LogP contribution in [0.15, 0.2) is 71.8 Å². The Morgan fingerprint density at radius 2 is 1.74 bits per heavy atom. The van der Waals surface area contributed by atoms with Crippen molar-refractivity contribution in [2.24, 2.45) is 5.10 Å². The van der Waals surface area contributed by atoms with Crippen molar-refractivity contribution in [2.45, 2.75) is 13.8 Å². The van der Waals surface area contributed by atoms with Crippen LogP contribution in [0.2, 0.25) is 5.02 Å². The second-order valence-corrected chi connectivity index (χ2v) is 7.22. The first-order valence-corrected chi connectivity index (χ1v) is 9.89. The van der Waals surface area contributed by atoms with Gasteiger partial charge in [-0.15, -0.1) is 0 Å². The van der Waals surface area contributed by atoms with E-state index in [1.54, 1.807) is 48.5 Å². The third kappa shape index (κ3) is 6.42. The first-order chi connectivity index (χ1) is 14.9. The van der Waals surface area contributed by atoms with E-state index in [9.17, 15) is 9.59 Å². The van der Waals surface area contributed by atoms with E-state index >= 15 is 0 Å². The quantitative estimate of drug-likeness (QED) is 0.252. The third-order valence-corrected chi connectivity index (χ3v) is 4.55. The zero-order valence-electron chi connectivity index (χ0n) is 17.1. The normalized spacial score (nSPS) is 10.7. The van der Waals surface area contributed by atoms with E-state index in [1.807, 2.05) is 32.0 Å². The number of aryl methyl sites for hydroxylation is 2. The van der Waals surface area contributed by atoms with Crippen molar-refractivity contribution in [3.8, 4) is 11.5 Å². The number of benzene rings is 3. The Bertz CT molecular complexity index is 1110. The molecule has 0 aliphatic carbocycles. The number of hydrogen-bond donors (Lipinski definition) is 1. The Balaban J connectivity index is 1.58. The molecule has 1 amide bonds. The number of halogens is 1. The lowest BCUT2D eigenvalue weighted by atomic mass is 10.1. The van der Waals surface area contributed by atoms with Crippen molar-refractivity contribution >= 4 is 29.7 Å². The molecule has 0 unspecified atom stereocenters. The molecule has 0 aliphatic heterocycles. The van der Waals surface area contributed by atoms with E-state index in [0.29, 0.717) is 27.6 Å². The molecule has 0 spiro atoms. The van der Waals surface area contributed by atoms with Gasteiger partial charge in [-0.2, -0.15) is 5.10 Å². The van der Waals surface area contributed by atoms with E-state index in [-0.39, 0.29) is 6.61 Å². The van der Waals surface area contributed by atoms with Crippen LogP contribution < -0.4 is 14.9 Å². The maximum Gasteiger partial charge on any atom is 0.343 e. The fraction of sp³-hybridized carbons (Fsp3) is 0.125. The molecule has 0 saturated heterocycles. The molecule has 0 bridgehead atoms. The lowest BCUT2D eigenvalue weighted by Crippen LogP contribution is -2.24. The maximum atomic E-state index is 12.3. The number of hydrazone groups is 1. The van der Waals surface area contributed by atoms with Crippen LogP contribution in [0.5, 0.6) is 11.5 Å². The summed E-state index contributed by atoms with van der Waals surface area (Å²) in [5.41, 5.74) is 5.29. The topological polar surface area (TPSA) is 77.0 Å². The molecular weight excluding hydrogens is 416 g/mol. The maximum absolute atomic E-state index is 12.3. The Morgan fingerprint density at radius 3 is 2.52 bits per heavy atom. The predicted octanol–water partition coefficient (Wildman–Crippen LogP) is 4.71. The number of rotatable bonds is 7. The lowest BCUT2D eigenvalue weighted by molar-refractivity contribution is -0.123. The smallest absolute Gasteiger partial charge is 0.343 e. The van der Waals surface area contributed by atoms with E-state index in [1.165, 1.54) is 6.21 Å². The van der Waals surface area contributed by atoms with Crippen LogP contribution in [0.25, 0.3) is 0 Å².